The Bertz CT molecular complexity index is 730. The first-order valence-corrected chi connectivity index (χ1v) is 6.31. The average molecular weight is 281 g/mol. The van der Waals surface area contributed by atoms with Gasteiger partial charge in [0.2, 0.25) is 0 Å². The summed E-state index contributed by atoms with van der Waals surface area (Å²) in [5, 5.41) is 9.58. The first-order chi connectivity index (χ1) is 9.78. The van der Waals surface area contributed by atoms with Crippen LogP contribution in [-0.4, -0.2) is 17.0 Å². The molecule has 0 N–H and O–H groups in total. The largest absolute Gasteiger partial charge is 0.298 e. The fraction of sp³-hybridized carbons (Fsp3) is 0. The zero-order valence-electron chi connectivity index (χ0n) is 10.4. The lowest BCUT2D eigenvalue weighted by Crippen LogP contribution is -2.29. The van der Waals surface area contributed by atoms with Crippen molar-refractivity contribution in [1.29, 1.82) is 5.26 Å². The summed E-state index contributed by atoms with van der Waals surface area (Å²) >= 11 is 5.89. The molecule has 3 rings (SSSR count). The highest BCUT2D eigenvalue weighted by molar-refractivity contribution is 6.32. The van der Waals surface area contributed by atoms with Gasteiger partial charge in [0.15, 0.2) is 5.84 Å². The maximum Gasteiger partial charge on any atom is 0.156 e. The third-order valence-electron chi connectivity index (χ3n) is 2.89. The molecule has 0 atom stereocenters. The molecule has 0 radical (unpaired) electrons. The van der Waals surface area contributed by atoms with E-state index in [0.717, 1.165) is 17.0 Å². The summed E-state index contributed by atoms with van der Waals surface area (Å²) in [6, 6.07) is 9.47. The number of rotatable bonds is 1. The lowest BCUT2D eigenvalue weighted by Gasteiger charge is -2.26. The SMILES string of the molecule is N#C/C=C1\C=C(c2ccc(Cl)cc2)N=C2C=NC=CN21. The van der Waals surface area contributed by atoms with E-state index in [1.165, 1.54) is 6.08 Å². The Labute approximate surface area is 121 Å². The van der Waals surface area contributed by atoms with E-state index in [1.54, 1.807) is 18.6 Å². The van der Waals surface area contributed by atoms with E-state index in [0.29, 0.717) is 10.9 Å². The predicted octanol–water partition coefficient (Wildman–Crippen LogP) is 3.36. The number of nitriles is 1. The van der Waals surface area contributed by atoms with Gasteiger partial charge in [-0.15, -0.1) is 0 Å². The summed E-state index contributed by atoms with van der Waals surface area (Å²) in [6.07, 6.45) is 8.43. The second-order valence-electron chi connectivity index (χ2n) is 4.15. The van der Waals surface area contributed by atoms with Gasteiger partial charge in [0.1, 0.15) is 0 Å². The average Bonchev–Trinajstić information content (AvgIpc) is 2.48. The van der Waals surface area contributed by atoms with E-state index < -0.39 is 0 Å². The molecule has 0 aliphatic carbocycles. The molecule has 96 valence electrons. The molecule has 2 aliphatic heterocycles. The highest BCUT2D eigenvalue weighted by atomic mass is 35.5. The predicted molar refractivity (Wildman–Crippen MR) is 80.0 cm³/mol. The summed E-state index contributed by atoms with van der Waals surface area (Å²) in [5.41, 5.74) is 2.47. The number of aliphatic imine (C=N–C) groups is 2. The Hall–Kier alpha value is -2.64. The molecule has 1 aromatic carbocycles. The fourth-order valence-electron chi connectivity index (χ4n) is 1.97. The number of benzene rings is 1. The van der Waals surface area contributed by atoms with E-state index in [9.17, 15) is 0 Å². The number of allylic oxidation sites excluding steroid dienone is 2. The third-order valence-corrected chi connectivity index (χ3v) is 3.14. The molecule has 0 amide bonds. The number of hydrogen-bond acceptors (Lipinski definition) is 4. The molecule has 0 saturated heterocycles. The van der Waals surface area contributed by atoms with Gasteiger partial charge < -0.3 is 0 Å². The number of hydrogen-bond donors (Lipinski definition) is 0. The van der Waals surface area contributed by atoms with Gasteiger partial charge in [0, 0.05) is 29.1 Å². The summed E-state index contributed by atoms with van der Waals surface area (Å²) in [7, 11) is 0. The van der Waals surface area contributed by atoms with Gasteiger partial charge in [-0.2, -0.15) is 5.26 Å². The van der Waals surface area contributed by atoms with Crippen LogP contribution in [0.1, 0.15) is 5.56 Å². The van der Waals surface area contributed by atoms with Crippen molar-refractivity contribution in [2.45, 2.75) is 0 Å². The smallest absolute Gasteiger partial charge is 0.156 e. The zero-order valence-corrected chi connectivity index (χ0v) is 11.1. The molecular weight excluding hydrogens is 272 g/mol. The van der Waals surface area contributed by atoms with Gasteiger partial charge in [0.05, 0.1) is 23.7 Å². The van der Waals surface area contributed by atoms with Gasteiger partial charge >= 0.3 is 0 Å². The maximum atomic E-state index is 8.90. The van der Waals surface area contributed by atoms with Crippen molar-refractivity contribution in [2.75, 3.05) is 0 Å². The minimum atomic E-state index is 0.675. The van der Waals surface area contributed by atoms with E-state index in [2.05, 4.69) is 9.98 Å². The van der Waals surface area contributed by atoms with Crippen LogP contribution in [0.25, 0.3) is 5.70 Å². The Balaban J connectivity index is 2.08. The summed E-state index contributed by atoms with van der Waals surface area (Å²) in [4.78, 5) is 10.4. The lowest BCUT2D eigenvalue weighted by atomic mass is 10.1. The normalized spacial score (nSPS) is 18.4. The standard InChI is InChI=1S/C15H9ClN4/c16-12-3-1-11(2-4-12)14-9-13(5-6-17)20-8-7-18-10-15(20)19-14/h1-5,7-10H/b13-5+. The van der Waals surface area contributed by atoms with Crippen LogP contribution in [0, 0.1) is 11.3 Å². The minimum absolute atomic E-state index is 0.675. The Morgan fingerprint density at radius 3 is 2.80 bits per heavy atom. The van der Waals surface area contributed by atoms with E-state index in [-0.39, 0.29) is 0 Å². The van der Waals surface area contributed by atoms with E-state index >= 15 is 0 Å². The van der Waals surface area contributed by atoms with E-state index in [4.69, 9.17) is 16.9 Å². The number of halogens is 1. The van der Waals surface area contributed by atoms with Crippen LogP contribution >= 0.6 is 11.6 Å². The Morgan fingerprint density at radius 1 is 1.25 bits per heavy atom. The van der Waals surface area contributed by atoms with Crippen LogP contribution in [0.2, 0.25) is 5.02 Å². The molecule has 0 bridgehead atoms. The van der Waals surface area contributed by atoms with Gasteiger partial charge in [-0.3, -0.25) is 9.89 Å². The Morgan fingerprint density at radius 2 is 2.05 bits per heavy atom. The van der Waals surface area contributed by atoms with Crippen molar-refractivity contribution in [2.24, 2.45) is 9.98 Å². The van der Waals surface area contributed by atoms with Crippen molar-refractivity contribution in [3.63, 3.8) is 0 Å². The van der Waals surface area contributed by atoms with Gasteiger partial charge in [-0.25, -0.2) is 4.99 Å². The number of fused-ring (bicyclic) bond motifs is 1. The molecule has 0 spiro atoms. The van der Waals surface area contributed by atoms with Crippen LogP contribution in [-0.2, 0) is 0 Å². The zero-order chi connectivity index (χ0) is 13.9. The number of nitrogens with zero attached hydrogens (tertiary/aromatic N) is 4. The molecule has 0 unspecified atom stereocenters. The van der Waals surface area contributed by atoms with Crippen molar-refractivity contribution in [3.8, 4) is 6.07 Å². The first kappa shape index (κ1) is 12.4. The molecule has 4 nitrogen and oxygen atoms in total. The fourth-order valence-corrected chi connectivity index (χ4v) is 2.09. The van der Waals surface area contributed by atoms with Crippen LogP contribution in [0.5, 0.6) is 0 Å². The van der Waals surface area contributed by atoms with Crippen LogP contribution in [0.15, 0.2) is 64.5 Å². The van der Waals surface area contributed by atoms with Crippen LogP contribution in [0.3, 0.4) is 0 Å². The van der Waals surface area contributed by atoms with Gasteiger partial charge in [0.25, 0.3) is 0 Å². The lowest BCUT2D eigenvalue weighted by molar-refractivity contribution is 0.711. The maximum absolute atomic E-state index is 8.90. The minimum Gasteiger partial charge on any atom is -0.298 e. The summed E-state index contributed by atoms with van der Waals surface area (Å²) in [5.74, 6) is 0.682. The second kappa shape index (κ2) is 5.16. The van der Waals surface area contributed by atoms with Crippen molar-refractivity contribution in [1.82, 2.24) is 4.90 Å². The molecule has 5 heteroatoms. The molecule has 20 heavy (non-hydrogen) atoms. The molecular formula is C15H9ClN4. The Kier molecular flexibility index (Phi) is 3.20. The summed E-state index contributed by atoms with van der Waals surface area (Å²) in [6.45, 7) is 0. The quantitative estimate of drug-likeness (QED) is 0.741. The highest BCUT2D eigenvalue weighted by Crippen LogP contribution is 2.27. The van der Waals surface area contributed by atoms with Gasteiger partial charge in [-0.05, 0) is 18.2 Å². The topological polar surface area (TPSA) is 51.8 Å². The van der Waals surface area contributed by atoms with Crippen LogP contribution in [0.4, 0.5) is 0 Å². The molecule has 0 fully saturated rings. The monoisotopic (exact) mass is 280 g/mol. The van der Waals surface area contributed by atoms with Crippen molar-refractivity contribution >= 4 is 29.3 Å². The summed E-state index contributed by atoms with van der Waals surface area (Å²) < 4.78 is 0. The van der Waals surface area contributed by atoms with Gasteiger partial charge in [-0.1, -0.05) is 23.7 Å². The van der Waals surface area contributed by atoms with Crippen molar-refractivity contribution < 1.29 is 0 Å². The molecule has 2 aliphatic rings. The van der Waals surface area contributed by atoms with E-state index in [1.807, 2.05) is 41.3 Å². The molecule has 2 heterocycles. The second-order valence-corrected chi connectivity index (χ2v) is 4.59. The molecule has 1 aromatic rings. The molecule has 0 aromatic heterocycles. The third kappa shape index (κ3) is 2.27. The number of amidine groups is 1. The first-order valence-electron chi connectivity index (χ1n) is 5.93. The highest BCUT2D eigenvalue weighted by Gasteiger charge is 2.19. The van der Waals surface area contributed by atoms with Crippen LogP contribution < -0.4 is 0 Å². The van der Waals surface area contributed by atoms with Crippen molar-refractivity contribution in [3.05, 3.63) is 65.1 Å². The molecule has 0 saturated carbocycles.